The molecule has 10 nitrogen and oxygen atoms in total. The van der Waals surface area contributed by atoms with Crippen molar-refractivity contribution in [2.24, 2.45) is 0 Å². The number of nitrogens with one attached hydrogen (secondary N) is 1. The number of rotatable bonds is 11. The third kappa shape index (κ3) is 7.08. The number of nitro groups is 1. The Bertz CT molecular complexity index is 1160. The van der Waals surface area contributed by atoms with Crippen molar-refractivity contribution in [1.82, 2.24) is 5.32 Å². The van der Waals surface area contributed by atoms with Crippen molar-refractivity contribution in [2.45, 2.75) is 45.6 Å². The van der Waals surface area contributed by atoms with Crippen LogP contribution in [-0.2, 0) is 20.2 Å². The second kappa shape index (κ2) is 11.4. The highest BCUT2D eigenvalue weighted by molar-refractivity contribution is 7.92. The number of anilines is 1. The van der Waals surface area contributed by atoms with Gasteiger partial charge in [0.15, 0.2) is 0 Å². The summed E-state index contributed by atoms with van der Waals surface area (Å²) in [5.74, 6) is 0.244. The van der Waals surface area contributed by atoms with Crippen molar-refractivity contribution in [3.05, 3.63) is 58.1 Å². The number of nitrogens with zero attached hydrogens (tertiary/aromatic N) is 2. The van der Waals surface area contributed by atoms with Crippen molar-refractivity contribution < 1.29 is 27.6 Å². The summed E-state index contributed by atoms with van der Waals surface area (Å²) in [6, 6.07) is 10.1. The zero-order valence-corrected chi connectivity index (χ0v) is 21.7. The topological polar surface area (TPSA) is 128 Å². The second-order valence-corrected chi connectivity index (χ2v) is 10.8. The molecule has 2 aromatic rings. The average Bonchev–Trinajstić information content (AvgIpc) is 2.78. The highest BCUT2D eigenvalue weighted by Gasteiger charge is 2.34. The van der Waals surface area contributed by atoms with Crippen molar-refractivity contribution >= 4 is 27.3 Å². The maximum absolute atomic E-state index is 13.0. The van der Waals surface area contributed by atoms with Crippen LogP contribution in [0.1, 0.15) is 39.7 Å². The fourth-order valence-corrected chi connectivity index (χ4v) is 4.87. The fourth-order valence-electron chi connectivity index (χ4n) is 3.66. The molecule has 2 rings (SSSR count). The number of hydrogen-bond donors (Lipinski definition) is 1. The van der Waals surface area contributed by atoms with Crippen molar-refractivity contribution in [3.63, 3.8) is 0 Å². The van der Waals surface area contributed by atoms with Crippen LogP contribution < -0.4 is 19.1 Å². The molecule has 0 heterocycles. The van der Waals surface area contributed by atoms with Crippen LogP contribution in [0.5, 0.6) is 11.5 Å². The lowest BCUT2D eigenvalue weighted by atomic mass is 9.86. The van der Waals surface area contributed by atoms with Gasteiger partial charge in [-0.25, -0.2) is 8.42 Å². The normalized spacial score (nSPS) is 12.5. The van der Waals surface area contributed by atoms with E-state index in [1.165, 1.54) is 19.2 Å². The Morgan fingerprint density at radius 2 is 1.83 bits per heavy atom. The molecular formula is C24H33N3O7S. The molecule has 0 fully saturated rings. The van der Waals surface area contributed by atoms with Crippen LogP contribution in [0.3, 0.4) is 0 Å². The maximum atomic E-state index is 13.0. The minimum Gasteiger partial charge on any atom is -0.495 e. The van der Waals surface area contributed by atoms with Gasteiger partial charge in [-0.15, -0.1) is 0 Å². The van der Waals surface area contributed by atoms with Crippen LogP contribution in [0.15, 0.2) is 42.5 Å². The van der Waals surface area contributed by atoms with Gasteiger partial charge in [-0.1, -0.05) is 45.9 Å². The number of sulfonamides is 1. The van der Waals surface area contributed by atoms with E-state index in [1.54, 1.807) is 6.92 Å². The molecule has 1 atom stereocenters. The van der Waals surface area contributed by atoms with Gasteiger partial charge in [0.2, 0.25) is 15.9 Å². The molecule has 0 aliphatic heterocycles. The molecule has 0 radical (unpaired) electrons. The van der Waals surface area contributed by atoms with E-state index < -0.39 is 26.9 Å². The molecule has 1 N–H and O–H groups in total. The number of carbonyl (C=O) groups is 1. The summed E-state index contributed by atoms with van der Waals surface area (Å²) in [6.45, 7) is 8.19. The number of amides is 1. The lowest BCUT2D eigenvalue weighted by Gasteiger charge is -2.31. The minimum atomic E-state index is -4.01. The van der Waals surface area contributed by atoms with E-state index in [2.05, 4.69) is 26.1 Å². The molecule has 0 spiro atoms. The zero-order chi connectivity index (χ0) is 26.4. The number of benzene rings is 2. The summed E-state index contributed by atoms with van der Waals surface area (Å²) in [5.41, 5.74) is 0.497. The quantitative estimate of drug-likeness (QED) is 0.279. The number of carbonyl (C=O) groups excluding carboxylic acids is 1. The molecular weight excluding hydrogens is 474 g/mol. The SMILES string of the molecule is CC[C@H](C(=O)NCCOc1ccccc1C(C)(C)C)N(c1cc([N+](=O)[O-])ccc1OC)S(C)(=O)=O. The Labute approximate surface area is 206 Å². The van der Waals surface area contributed by atoms with Gasteiger partial charge in [0.05, 0.1) is 24.8 Å². The smallest absolute Gasteiger partial charge is 0.271 e. The molecule has 0 saturated heterocycles. The second-order valence-electron chi connectivity index (χ2n) is 8.98. The van der Waals surface area contributed by atoms with Crippen molar-refractivity contribution in [3.8, 4) is 11.5 Å². The molecule has 192 valence electrons. The molecule has 1 amide bonds. The molecule has 2 aromatic carbocycles. The largest absolute Gasteiger partial charge is 0.495 e. The average molecular weight is 508 g/mol. The summed E-state index contributed by atoms with van der Waals surface area (Å²) in [7, 11) is -2.69. The van der Waals surface area contributed by atoms with Gasteiger partial charge in [0.25, 0.3) is 5.69 Å². The van der Waals surface area contributed by atoms with Crippen molar-refractivity contribution in [2.75, 3.05) is 30.8 Å². The third-order valence-corrected chi connectivity index (χ3v) is 6.46. The van der Waals surface area contributed by atoms with Crippen LogP contribution in [0.2, 0.25) is 0 Å². The third-order valence-electron chi connectivity index (χ3n) is 5.29. The highest BCUT2D eigenvalue weighted by Crippen LogP contribution is 2.35. The molecule has 11 heteroatoms. The van der Waals surface area contributed by atoms with Gasteiger partial charge in [0.1, 0.15) is 29.8 Å². The summed E-state index contributed by atoms with van der Waals surface area (Å²) < 4.78 is 37.4. The predicted molar refractivity (Wildman–Crippen MR) is 135 cm³/mol. The van der Waals surface area contributed by atoms with Crippen LogP contribution in [0.4, 0.5) is 11.4 Å². The van der Waals surface area contributed by atoms with Crippen molar-refractivity contribution in [1.29, 1.82) is 0 Å². The van der Waals surface area contributed by atoms with E-state index in [9.17, 15) is 23.3 Å². The van der Waals surface area contributed by atoms with E-state index in [1.807, 2.05) is 24.3 Å². The highest BCUT2D eigenvalue weighted by atomic mass is 32.2. The summed E-state index contributed by atoms with van der Waals surface area (Å²) in [4.78, 5) is 23.7. The molecule has 0 bridgehead atoms. The van der Waals surface area contributed by atoms with Gasteiger partial charge < -0.3 is 14.8 Å². The summed E-state index contributed by atoms with van der Waals surface area (Å²) >= 11 is 0. The Balaban J connectivity index is 2.23. The number of non-ortho nitro benzene ring substituents is 1. The molecule has 35 heavy (non-hydrogen) atoms. The molecule has 0 saturated carbocycles. The monoisotopic (exact) mass is 507 g/mol. The Morgan fingerprint density at radius 3 is 2.37 bits per heavy atom. The van der Waals surface area contributed by atoms with Gasteiger partial charge in [0, 0.05) is 12.1 Å². The van der Waals surface area contributed by atoms with Crippen LogP contribution in [0, 0.1) is 10.1 Å². The first-order valence-electron chi connectivity index (χ1n) is 11.1. The Morgan fingerprint density at radius 1 is 1.17 bits per heavy atom. The molecule has 0 aliphatic rings. The Kier molecular flexibility index (Phi) is 9.08. The van der Waals surface area contributed by atoms with Gasteiger partial charge >= 0.3 is 0 Å². The van der Waals surface area contributed by atoms with Crippen LogP contribution >= 0.6 is 0 Å². The van der Waals surface area contributed by atoms with E-state index in [0.717, 1.165) is 22.2 Å². The first-order chi connectivity index (χ1) is 16.3. The fraction of sp³-hybridized carbons (Fsp3) is 0.458. The lowest BCUT2D eigenvalue weighted by Crippen LogP contribution is -2.50. The molecule has 0 aliphatic carbocycles. The zero-order valence-electron chi connectivity index (χ0n) is 20.9. The predicted octanol–water partition coefficient (Wildman–Crippen LogP) is 3.64. The van der Waals surface area contributed by atoms with Gasteiger partial charge in [-0.3, -0.25) is 19.2 Å². The number of ether oxygens (including phenoxy) is 2. The van der Waals surface area contributed by atoms with Crippen LogP contribution in [0.25, 0.3) is 0 Å². The first kappa shape index (κ1) is 27.9. The number of para-hydroxylation sites is 1. The summed E-state index contributed by atoms with van der Waals surface area (Å²) in [5, 5.41) is 14.0. The number of nitro benzene ring substituents is 1. The van der Waals surface area contributed by atoms with E-state index >= 15 is 0 Å². The van der Waals surface area contributed by atoms with Gasteiger partial charge in [-0.2, -0.15) is 0 Å². The molecule has 0 unspecified atom stereocenters. The van der Waals surface area contributed by atoms with Crippen LogP contribution in [-0.4, -0.2) is 51.8 Å². The number of methoxy groups -OCH3 is 1. The maximum Gasteiger partial charge on any atom is 0.271 e. The molecule has 0 aromatic heterocycles. The summed E-state index contributed by atoms with van der Waals surface area (Å²) in [6.07, 6.45) is 1.06. The van der Waals surface area contributed by atoms with E-state index in [-0.39, 0.29) is 42.1 Å². The minimum absolute atomic E-state index is 0.0819. The number of hydrogen-bond acceptors (Lipinski definition) is 7. The first-order valence-corrected chi connectivity index (χ1v) is 13.0. The standard InChI is InChI=1S/C24H33N3O7S/c1-7-19(23(28)25-14-15-34-21-11-9-8-10-18(21)24(2,3)4)26(35(6,31)32)20-16-17(27(29)30)12-13-22(20)33-5/h8-13,16,19H,7,14-15H2,1-6H3,(H,25,28)/t19-/m1/s1. The van der Waals surface area contributed by atoms with Gasteiger partial charge in [-0.05, 0) is 29.5 Å². The Hall–Kier alpha value is -3.34. The lowest BCUT2D eigenvalue weighted by molar-refractivity contribution is -0.384. The van der Waals surface area contributed by atoms with E-state index in [4.69, 9.17) is 9.47 Å². The van der Waals surface area contributed by atoms with E-state index in [0.29, 0.717) is 5.75 Å².